The summed E-state index contributed by atoms with van der Waals surface area (Å²) in [6.45, 7) is 6.31. The number of rotatable bonds is 3. The number of hydrogen-bond acceptors (Lipinski definition) is 2. The molecule has 0 aliphatic rings. The Bertz CT molecular complexity index is 83.7. The summed E-state index contributed by atoms with van der Waals surface area (Å²) in [5.41, 5.74) is 0.161. The van der Waals surface area contributed by atoms with Crippen molar-refractivity contribution in [3.05, 3.63) is 0 Å². The van der Waals surface area contributed by atoms with E-state index < -0.39 is 0 Å². The summed E-state index contributed by atoms with van der Waals surface area (Å²) < 4.78 is 0. The lowest BCUT2D eigenvalue weighted by Crippen LogP contribution is -2.18. The number of aliphatic hydroxyl groups is 2. The van der Waals surface area contributed by atoms with Gasteiger partial charge in [-0.15, -0.1) is 0 Å². The highest BCUT2D eigenvalue weighted by Gasteiger charge is 2.15. The zero-order chi connectivity index (χ0) is 8.20. The molecule has 0 rings (SSSR count). The van der Waals surface area contributed by atoms with Gasteiger partial charge in [-0.05, 0) is 18.3 Å². The zero-order valence-electron chi connectivity index (χ0n) is 7.09. The van der Waals surface area contributed by atoms with Crippen LogP contribution in [0.2, 0.25) is 0 Å². The van der Waals surface area contributed by atoms with Crippen molar-refractivity contribution in [1.29, 1.82) is 0 Å². The van der Waals surface area contributed by atoms with Gasteiger partial charge >= 0.3 is 0 Å². The summed E-state index contributed by atoms with van der Waals surface area (Å²) in [7, 11) is 0. The Kier molecular flexibility index (Phi) is 3.91. The quantitative estimate of drug-likeness (QED) is 0.627. The first-order valence-corrected chi connectivity index (χ1v) is 3.74. The van der Waals surface area contributed by atoms with Gasteiger partial charge in [-0.25, -0.2) is 0 Å². The van der Waals surface area contributed by atoms with E-state index in [-0.39, 0.29) is 18.1 Å². The summed E-state index contributed by atoms with van der Waals surface area (Å²) in [5.74, 6) is 0. The van der Waals surface area contributed by atoms with Crippen LogP contribution in [0.4, 0.5) is 0 Å². The van der Waals surface area contributed by atoms with Crippen LogP contribution in [-0.2, 0) is 0 Å². The molecule has 10 heavy (non-hydrogen) atoms. The maximum absolute atomic E-state index is 9.22. The maximum Gasteiger partial charge on any atom is 0.0567 e. The fourth-order valence-corrected chi connectivity index (χ4v) is 0.958. The topological polar surface area (TPSA) is 40.5 Å². The van der Waals surface area contributed by atoms with Gasteiger partial charge in [-0.2, -0.15) is 0 Å². The Morgan fingerprint density at radius 3 is 2.10 bits per heavy atom. The van der Waals surface area contributed by atoms with Gasteiger partial charge in [0.2, 0.25) is 0 Å². The molecule has 0 aromatic rings. The standard InChI is InChI=1S/C8H18O2/c1-8(2,3)6-7(10)4-5-9/h7,9-10H,4-6H2,1-3H3/t7-/m0/s1. The molecule has 0 aliphatic heterocycles. The molecular weight excluding hydrogens is 128 g/mol. The minimum atomic E-state index is -0.343. The molecule has 0 fully saturated rings. The summed E-state index contributed by atoms with van der Waals surface area (Å²) in [4.78, 5) is 0. The SMILES string of the molecule is CC(C)(C)C[C@@H](O)CCO. The van der Waals surface area contributed by atoms with Crippen molar-refractivity contribution >= 4 is 0 Å². The summed E-state index contributed by atoms with van der Waals surface area (Å²) in [5, 5.41) is 17.7. The molecular formula is C8H18O2. The molecule has 0 aromatic carbocycles. The third-order valence-electron chi connectivity index (χ3n) is 1.31. The second-order valence-electron chi connectivity index (χ2n) is 3.93. The van der Waals surface area contributed by atoms with E-state index in [2.05, 4.69) is 20.8 Å². The van der Waals surface area contributed by atoms with E-state index in [1.165, 1.54) is 0 Å². The van der Waals surface area contributed by atoms with E-state index in [4.69, 9.17) is 5.11 Å². The van der Waals surface area contributed by atoms with E-state index in [0.29, 0.717) is 6.42 Å². The second-order valence-corrected chi connectivity index (χ2v) is 3.93. The predicted octanol–water partition coefficient (Wildman–Crippen LogP) is 1.17. The van der Waals surface area contributed by atoms with Crippen molar-refractivity contribution in [1.82, 2.24) is 0 Å². The number of hydrogen-bond donors (Lipinski definition) is 2. The summed E-state index contributed by atoms with van der Waals surface area (Å²) in [6, 6.07) is 0. The third kappa shape index (κ3) is 6.05. The molecule has 0 amide bonds. The summed E-state index contributed by atoms with van der Waals surface area (Å²) >= 11 is 0. The van der Waals surface area contributed by atoms with Crippen LogP contribution in [0.3, 0.4) is 0 Å². The molecule has 0 saturated heterocycles. The highest BCUT2D eigenvalue weighted by molar-refractivity contribution is 4.67. The molecule has 2 N–H and O–H groups in total. The van der Waals surface area contributed by atoms with Crippen molar-refractivity contribution in [3.8, 4) is 0 Å². The van der Waals surface area contributed by atoms with Crippen molar-refractivity contribution in [2.45, 2.75) is 39.7 Å². The molecule has 0 aliphatic carbocycles. The van der Waals surface area contributed by atoms with E-state index in [0.717, 1.165) is 6.42 Å². The van der Waals surface area contributed by atoms with Crippen LogP contribution in [0.1, 0.15) is 33.6 Å². The fourth-order valence-electron chi connectivity index (χ4n) is 0.958. The van der Waals surface area contributed by atoms with E-state index in [1.54, 1.807) is 0 Å². The van der Waals surface area contributed by atoms with Crippen molar-refractivity contribution in [2.75, 3.05) is 6.61 Å². The average Bonchev–Trinajstić information content (AvgIpc) is 1.59. The van der Waals surface area contributed by atoms with Gasteiger partial charge in [0.15, 0.2) is 0 Å². The molecule has 0 aromatic heterocycles. The minimum absolute atomic E-state index is 0.0806. The van der Waals surface area contributed by atoms with Gasteiger partial charge < -0.3 is 10.2 Å². The van der Waals surface area contributed by atoms with Gasteiger partial charge in [0.1, 0.15) is 0 Å². The van der Waals surface area contributed by atoms with Crippen LogP contribution in [-0.4, -0.2) is 22.9 Å². The fraction of sp³-hybridized carbons (Fsp3) is 1.00. The first-order chi connectivity index (χ1) is 4.45. The lowest BCUT2D eigenvalue weighted by molar-refractivity contribution is 0.0925. The van der Waals surface area contributed by atoms with Crippen LogP contribution in [0.25, 0.3) is 0 Å². The van der Waals surface area contributed by atoms with E-state index >= 15 is 0 Å². The highest BCUT2D eigenvalue weighted by Crippen LogP contribution is 2.21. The Morgan fingerprint density at radius 1 is 1.30 bits per heavy atom. The third-order valence-corrected chi connectivity index (χ3v) is 1.31. The normalized spacial score (nSPS) is 15.3. The Labute approximate surface area is 62.9 Å². The molecule has 62 valence electrons. The monoisotopic (exact) mass is 146 g/mol. The Balaban J connectivity index is 3.47. The van der Waals surface area contributed by atoms with Gasteiger partial charge in [0.25, 0.3) is 0 Å². The highest BCUT2D eigenvalue weighted by atomic mass is 16.3. The molecule has 1 atom stereocenters. The van der Waals surface area contributed by atoms with Gasteiger partial charge in [-0.3, -0.25) is 0 Å². The lowest BCUT2D eigenvalue weighted by Gasteiger charge is -2.21. The second kappa shape index (κ2) is 3.94. The van der Waals surface area contributed by atoms with Crippen molar-refractivity contribution < 1.29 is 10.2 Å². The Hall–Kier alpha value is -0.0800. The van der Waals surface area contributed by atoms with Crippen LogP contribution in [0.5, 0.6) is 0 Å². The van der Waals surface area contributed by atoms with Crippen molar-refractivity contribution in [3.63, 3.8) is 0 Å². The van der Waals surface area contributed by atoms with Crippen molar-refractivity contribution in [2.24, 2.45) is 5.41 Å². The summed E-state index contributed by atoms with van der Waals surface area (Å²) in [6.07, 6.45) is 0.912. The van der Waals surface area contributed by atoms with Gasteiger partial charge in [0, 0.05) is 6.61 Å². The average molecular weight is 146 g/mol. The number of aliphatic hydroxyl groups excluding tert-OH is 2. The van der Waals surface area contributed by atoms with E-state index in [1.807, 2.05) is 0 Å². The molecule has 2 heteroatoms. The molecule has 2 nitrogen and oxygen atoms in total. The Morgan fingerprint density at radius 2 is 1.80 bits per heavy atom. The molecule has 0 bridgehead atoms. The maximum atomic E-state index is 9.22. The largest absolute Gasteiger partial charge is 0.396 e. The molecule has 0 radical (unpaired) electrons. The van der Waals surface area contributed by atoms with Gasteiger partial charge in [0.05, 0.1) is 6.10 Å². The minimum Gasteiger partial charge on any atom is -0.396 e. The zero-order valence-corrected chi connectivity index (χ0v) is 7.09. The lowest BCUT2D eigenvalue weighted by atomic mass is 9.88. The van der Waals surface area contributed by atoms with Crippen LogP contribution in [0.15, 0.2) is 0 Å². The first kappa shape index (κ1) is 9.92. The molecule has 0 spiro atoms. The molecule has 0 heterocycles. The smallest absolute Gasteiger partial charge is 0.0567 e. The van der Waals surface area contributed by atoms with Crippen LogP contribution in [0, 0.1) is 5.41 Å². The van der Waals surface area contributed by atoms with E-state index in [9.17, 15) is 5.11 Å². The molecule has 0 unspecified atom stereocenters. The van der Waals surface area contributed by atoms with Crippen LogP contribution < -0.4 is 0 Å². The molecule has 0 saturated carbocycles. The first-order valence-electron chi connectivity index (χ1n) is 3.74. The van der Waals surface area contributed by atoms with Gasteiger partial charge in [-0.1, -0.05) is 20.8 Å². The predicted molar refractivity (Wildman–Crippen MR) is 41.8 cm³/mol. The van der Waals surface area contributed by atoms with Crippen LogP contribution >= 0.6 is 0 Å².